The van der Waals surface area contributed by atoms with E-state index < -0.39 is 0 Å². The van der Waals surface area contributed by atoms with Crippen molar-refractivity contribution in [1.29, 1.82) is 0 Å². The first-order chi connectivity index (χ1) is 7.56. The van der Waals surface area contributed by atoms with Crippen molar-refractivity contribution in [3.05, 3.63) is 0 Å². The molecule has 3 N–H and O–H groups in total. The Kier molecular flexibility index (Phi) is 4.67. The van der Waals surface area contributed by atoms with Gasteiger partial charge in [-0.1, -0.05) is 12.2 Å². The quantitative estimate of drug-likeness (QED) is 0.673. The maximum atomic E-state index is 11.8. The molecule has 1 aliphatic rings. The summed E-state index contributed by atoms with van der Waals surface area (Å²) in [4.78, 5) is 25.2. The molecule has 0 aromatic carbocycles. The summed E-state index contributed by atoms with van der Waals surface area (Å²) in [6.45, 7) is 0.611. The van der Waals surface area contributed by atoms with Gasteiger partial charge in [-0.3, -0.25) is 9.59 Å². The van der Waals surface area contributed by atoms with Crippen LogP contribution in [0.5, 0.6) is 0 Å². The van der Waals surface area contributed by atoms with Crippen LogP contribution >= 0.6 is 12.2 Å². The van der Waals surface area contributed by atoms with E-state index in [9.17, 15) is 9.59 Å². The summed E-state index contributed by atoms with van der Waals surface area (Å²) in [5.41, 5.74) is 5.34. The number of nitrogens with two attached hydrogens (primary N) is 1. The van der Waals surface area contributed by atoms with Crippen LogP contribution in [0.15, 0.2) is 0 Å². The number of carbonyl (C=O) groups is 2. The van der Waals surface area contributed by atoms with Crippen LogP contribution in [-0.2, 0) is 9.59 Å². The predicted molar refractivity (Wildman–Crippen MR) is 64.8 cm³/mol. The molecule has 1 saturated heterocycles. The molecule has 1 heterocycles. The highest BCUT2D eigenvalue weighted by atomic mass is 32.1. The lowest BCUT2D eigenvalue weighted by Crippen LogP contribution is -2.51. The van der Waals surface area contributed by atoms with Crippen LogP contribution in [0.3, 0.4) is 0 Å². The first kappa shape index (κ1) is 12.9. The Labute approximate surface area is 100 Å². The average Bonchev–Trinajstić information content (AvgIpc) is 2.27. The van der Waals surface area contributed by atoms with Gasteiger partial charge in [0.2, 0.25) is 11.8 Å². The molecule has 0 saturated carbocycles. The first-order valence-electron chi connectivity index (χ1n) is 5.35. The Balaban J connectivity index is 2.69. The summed E-state index contributed by atoms with van der Waals surface area (Å²) in [6, 6.07) is -0.361. The van der Waals surface area contributed by atoms with E-state index in [1.807, 2.05) is 0 Å². The number of likely N-dealkylation sites (N-methyl/N-ethyl adjacent to an activating group) is 1. The van der Waals surface area contributed by atoms with E-state index in [4.69, 9.17) is 18.0 Å². The lowest BCUT2D eigenvalue weighted by atomic mass is 10.0. The largest absolute Gasteiger partial charge is 0.393 e. The SMILES string of the molecule is CNC(=O)C1CCCCN1C(=O)CC(N)=S. The highest BCUT2D eigenvalue weighted by molar-refractivity contribution is 7.80. The van der Waals surface area contributed by atoms with Gasteiger partial charge in [-0.25, -0.2) is 0 Å². The van der Waals surface area contributed by atoms with Crippen molar-refractivity contribution in [2.75, 3.05) is 13.6 Å². The molecule has 2 amide bonds. The zero-order chi connectivity index (χ0) is 12.1. The van der Waals surface area contributed by atoms with E-state index >= 15 is 0 Å². The second-order valence-corrected chi connectivity index (χ2v) is 4.38. The van der Waals surface area contributed by atoms with E-state index in [0.29, 0.717) is 13.0 Å². The zero-order valence-electron chi connectivity index (χ0n) is 9.36. The van der Waals surface area contributed by atoms with Crippen molar-refractivity contribution in [3.63, 3.8) is 0 Å². The summed E-state index contributed by atoms with van der Waals surface area (Å²) in [6.07, 6.45) is 2.65. The molecule has 0 bridgehead atoms. The number of hydrogen-bond donors (Lipinski definition) is 2. The van der Waals surface area contributed by atoms with E-state index in [0.717, 1.165) is 12.8 Å². The van der Waals surface area contributed by atoms with E-state index in [-0.39, 0.29) is 29.3 Å². The van der Waals surface area contributed by atoms with E-state index in [2.05, 4.69) is 5.32 Å². The van der Waals surface area contributed by atoms with Crippen molar-refractivity contribution in [2.24, 2.45) is 5.73 Å². The van der Waals surface area contributed by atoms with Crippen molar-refractivity contribution >= 4 is 29.0 Å². The lowest BCUT2D eigenvalue weighted by molar-refractivity contribution is -0.141. The highest BCUT2D eigenvalue weighted by Crippen LogP contribution is 2.18. The zero-order valence-corrected chi connectivity index (χ0v) is 10.2. The molecule has 0 aliphatic carbocycles. The molecule has 1 rings (SSSR count). The molecule has 0 aromatic heterocycles. The number of piperidine rings is 1. The third-order valence-corrected chi connectivity index (χ3v) is 2.84. The molecule has 0 aromatic rings. The van der Waals surface area contributed by atoms with Gasteiger partial charge < -0.3 is 16.0 Å². The van der Waals surface area contributed by atoms with Crippen LogP contribution in [0.1, 0.15) is 25.7 Å². The Morgan fingerprint density at radius 3 is 2.75 bits per heavy atom. The van der Waals surface area contributed by atoms with E-state index in [1.165, 1.54) is 0 Å². The number of rotatable bonds is 3. The minimum Gasteiger partial charge on any atom is -0.393 e. The van der Waals surface area contributed by atoms with Crippen molar-refractivity contribution in [1.82, 2.24) is 10.2 Å². The molecule has 0 spiro atoms. The summed E-state index contributed by atoms with van der Waals surface area (Å²) < 4.78 is 0. The maximum Gasteiger partial charge on any atom is 0.242 e. The molecular formula is C10H17N3O2S. The fraction of sp³-hybridized carbons (Fsp3) is 0.700. The monoisotopic (exact) mass is 243 g/mol. The molecule has 5 nitrogen and oxygen atoms in total. The van der Waals surface area contributed by atoms with Crippen LogP contribution in [0, 0.1) is 0 Å². The van der Waals surface area contributed by atoms with Gasteiger partial charge in [-0.15, -0.1) is 0 Å². The standard InChI is InChI=1S/C10H17N3O2S/c1-12-10(15)7-4-2-3-5-13(7)9(14)6-8(11)16/h7H,2-6H2,1H3,(H2,11,16)(H,12,15). The molecule has 16 heavy (non-hydrogen) atoms. The number of nitrogens with one attached hydrogen (secondary N) is 1. The summed E-state index contributed by atoms with van der Waals surface area (Å²) in [5, 5.41) is 2.58. The van der Waals surface area contributed by atoms with Crippen molar-refractivity contribution in [2.45, 2.75) is 31.7 Å². The summed E-state index contributed by atoms with van der Waals surface area (Å²) in [7, 11) is 1.58. The highest BCUT2D eigenvalue weighted by Gasteiger charge is 2.31. The molecule has 6 heteroatoms. The van der Waals surface area contributed by atoms with Gasteiger partial charge in [0.25, 0.3) is 0 Å². The van der Waals surface area contributed by atoms with Gasteiger partial charge in [0.1, 0.15) is 6.04 Å². The average molecular weight is 243 g/mol. The summed E-state index contributed by atoms with van der Waals surface area (Å²) >= 11 is 4.70. The smallest absolute Gasteiger partial charge is 0.242 e. The van der Waals surface area contributed by atoms with Crippen LogP contribution in [0.2, 0.25) is 0 Å². The fourth-order valence-electron chi connectivity index (χ4n) is 1.92. The molecular weight excluding hydrogens is 226 g/mol. The number of amides is 2. The number of nitrogens with zero attached hydrogens (tertiary/aromatic N) is 1. The first-order valence-corrected chi connectivity index (χ1v) is 5.76. The normalized spacial score (nSPS) is 20.3. The second kappa shape index (κ2) is 5.79. The van der Waals surface area contributed by atoms with Crippen LogP contribution < -0.4 is 11.1 Å². The van der Waals surface area contributed by atoms with Gasteiger partial charge in [-0.2, -0.15) is 0 Å². The van der Waals surface area contributed by atoms with Crippen LogP contribution in [-0.4, -0.2) is 41.3 Å². The van der Waals surface area contributed by atoms with Crippen LogP contribution in [0.4, 0.5) is 0 Å². The Morgan fingerprint density at radius 2 is 2.19 bits per heavy atom. The molecule has 1 unspecified atom stereocenters. The number of hydrogen-bond acceptors (Lipinski definition) is 3. The van der Waals surface area contributed by atoms with Gasteiger partial charge in [0.05, 0.1) is 11.4 Å². The minimum absolute atomic E-state index is 0.0445. The fourth-order valence-corrected chi connectivity index (χ4v) is 2.04. The summed E-state index contributed by atoms with van der Waals surface area (Å²) in [5.74, 6) is -0.267. The number of likely N-dealkylation sites (tertiary alicyclic amines) is 1. The maximum absolute atomic E-state index is 11.8. The van der Waals surface area contributed by atoms with Gasteiger partial charge >= 0.3 is 0 Å². The minimum atomic E-state index is -0.361. The van der Waals surface area contributed by atoms with Crippen LogP contribution in [0.25, 0.3) is 0 Å². The topological polar surface area (TPSA) is 75.4 Å². The molecule has 0 radical (unpaired) electrons. The van der Waals surface area contributed by atoms with Gasteiger partial charge in [0.15, 0.2) is 0 Å². The van der Waals surface area contributed by atoms with Gasteiger partial charge in [0, 0.05) is 13.6 Å². The molecule has 1 fully saturated rings. The lowest BCUT2D eigenvalue weighted by Gasteiger charge is -2.34. The third kappa shape index (κ3) is 3.16. The molecule has 90 valence electrons. The predicted octanol–water partition coefficient (Wildman–Crippen LogP) is -0.210. The number of thiocarbonyl (C=S) groups is 1. The molecule has 1 atom stereocenters. The Morgan fingerprint density at radius 1 is 1.50 bits per heavy atom. The van der Waals surface area contributed by atoms with Crippen molar-refractivity contribution < 1.29 is 9.59 Å². The third-order valence-electron chi connectivity index (χ3n) is 2.70. The Hall–Kier alpha value is -1.17. The molecule has 1 aliphatic heterocycles. The van der Waals surface area contributed by atoms with E-state index in [1.54, 1.807) is 11.9 Å². The van der Waals surface area contributed by atoms with Gasteiger partial charge in [-0.05, 0) is 19.3 Å². The number of carbonyl (C=O) groups excluding carboxylic acids is 2. The Bertz CT molecular complexity index is 306. The van der Waals surface area contributed by atoms with Crippen molar-refractivity contribution in [3.8, 4) is 0 Å². The second-order valence-electron chi connectivity index (χ2n) is 3.86.